The van der Waals surface area contributed by atoms with Crippen molar-refractivity contribution in [3.8, 4) is 0 Å². The number of benzene rings is 1. The van der Waals surface area contributed by atoms with E-state index >= 15 is 0 Å². The number of fused-ring (bicyclic) bond motifs is 1. The van der Waals surface area contributed by atoms with Gasteiger partial charge < -0.3 is 10.5 Å². The monoisotopic (exact) mass is 273 g/mol. The van der Waals surface area contributed by atoms with Crippen LogP contribution < -0.4 is 5.73 Å². The van der Waals surface area contributed by atoms with E-state index in [9.17, 15) is 14.4 Å². The molecule has 1 aromatic carbocycles. The molecule has 0 saturated heterocycles. The van der Waals surface area contributed by atoms with E-state index in [2.05, 4.69) is 0 Å². The number of amides is 1. The van der Waals surface area contributed by atoms with Gasteiger partial charge in [-0.15, -0.1) is 0 Å². The fraction of sp³-hybridized carbons (Fsp3) is 0.438. The predicted molar refractivity (Wildman–Crippen MR) is 75.3 cm³/mol. The van der Waals surface area contributed by atoms with Crippen molar-refractivity contribution < 1.29 is 14.4 Å². The van der Waals surface area contributed by atoms with Crippen molar-refractivity contribution in [2.75, 3.05) is 0 Å². The fourth-order valence-corrected chi connectivity index (χ4v) is 2.85. The molecular weight excluding hydrogens is 254 g/mol. The maximum atomic E-state index is 12.4. The summed E-state index contributed by atoms with van der Waals surface area (Å²) < 4.78 is 0. The van der Waals surface area contributed by atoms with Crippen molar-refractivity contribution in [1.29, 1.82) is 0 Å². The van der Waals surface area contributed by atoms with E-state index in [1.165, 1.54) is 6.92 Å². The van der Waals surface area contributed by atoms with E-state index in [1.807, 2.05) is 25.1 Å². The Balaban J connectivity index is 2.23. The Hall–Kier alpha value is -1.97. The lowest BCUT2D eigenvalue weighted by Crippen LogP contribution is -2.33. The summed E-state index contributed by atoms with van der Waals surface area (Å²) in [6, 6.07) is 5.76. The zero-order valence-electron chi connectivity index (χ0n) is 11.8. The summed E-state index contributed by atoms with van der Waals surface area (Å²) in [5, 5.41) is 0. The predicted octanol–water partition coefficient (Wildman–Crippen LogP) is 1.82. The quantitative estimate of drug-likeness (QED) is 0.889. The Labute approximate surface area is 118 Å². The van der Waals surface area contributed by atoms with Crippen molar-refractivity contribution in [3.63, 3.8) is 0 Å². The van der Waals surface area contributed by atoms with Crippen LogP contribution in [0.15, 0.2) is 18.2 Å². The van der Waals surface area contributed by atoms with E-state index in [4.69, 9.17) is 5.73 Å². The Morgan fingerprint density at radius 3 is 2.70 bits per heavy atom. The van der Waals surface area contributed by atoms with Crippen molar-refractivity contribution in [1.82, 2.24) is 0 Å². The van der Waals surface area contributed by atoms with Gasteiger partial charge in [-0.2, -0.15) is 0 Å². The maximum Gasteiger partial charge on any atom is 0.221 e. The lowest BCUT2D eigenvalue weighted by atomic mass is 9.84. The minimum atomic E-state index is -0.556. The second kappa shape index (κ2) is 5.57. The molecule has 1 amide bonds. The van der Waals surface area contributed by atoms with Crippen LogP contribution in [-0.2, 0) is 16.0 Å². The highest BCUT2D eigenvalue weighted by atomic mass is 16.1. The van der Waals surface area contributed by atoms with Crippen molar-refractivity contribution in [2.24, 2.45) is 17.6 Å². The number of hydrogen-bond acceptors (Lipinski definition) is 3. The van der Waals surface area contributed by atoms with Crippen LogP contribution in [-0.4, -0.2) is 17.5 Å². The number of carbonyl (C=O) groups excluding carboxylic acids is 3. The van der Waals surface area contributed by atoms with Gasteiger partial charge in [0.15, 0.2) is 5.78 Å². The van der Waals surface area contributed by atoms with Crippen LogP contribution in [0, 0.1) is 18.8 Å². The lowest BCUT2D eigenvalue weighted by molar-refractivity contribution is -0.123. The number of Topliss-reactive ketones (excluding diaryl/α,β-unsaturated/α-hetero) is 2. The van der Waals surface area contributed by atoms with Crippen LogP contribution in [0.3, 0.4) is 0 Å². The highest BCUT2D eigenvalue weighted by Crippen LogP contribution is 2.34. The van der Waals surface area contributed by atoms with E-state index in [-0.39, 0.29) is 18.0 Å². The van der Waals surface area contributed by atoms with Crippen LogP contribution in [0.1, 0.15) is 41.3 Å². The molecule has 2 atom stereocenters. The Bertz CT molecular complexity index is 577. The number of hydrogen-bond donors (Lipinski definition) is 1. The molecule has 4 heteroatoms. The summed E-state index contributed by atoms with van der Waals surface area (Å²) in [6.07, 6.45) is 1.18. The van der Waals surface area contributed by atoms with Gasteiger partial charge in [0.05, 0.1) is 0 Å². The van der Waals surface area contributed by atoms with Gasteiger partial charge in [-0.05, 0) is 38.3 Å². The second-order valence-corrected chi connectivity index (χ2v) is 5.59. The maximum absolute atomic E-state index is 12.4. The van der Waals surface area contributed by atoms with Crippen molar-refractivity contribution in [3.05, 3.63) is 34.9 Å². The molecule has 0 spiro atoms. The lowest BCUT2D eigenvalue weighted by Gasteiger charge is -2.18. The summed E-state index contributed by atoms with van der Waals surface area (Å²) in [5.74, 6) is -1.47. The summed E-state index contributed by atoms with van der Waals surface area (Å²) in [5.41, 5.74) is 8.12. The van der Waals surface area contributed by atoms with Crippen molar-refractivity contribution >= 4 is 17.5 Å². The molecule has 0 aromatic heterocycles. The molecule has 106 valence electrons. The topological polar surface area (TPSA) is 77.2 Å². The van der Waals surface area contributed by atoms with Gasteiger partial charge in [0.1, 0.15) is 5.78 Å². The molecule has 0 aliphatic heterocycles. The van der Waals surface area contributed by atoms with Crippen LogP contribution >= 0.6 is 0 Å². The van der Waals surface area contributed by atoms with Gasteiger partial charge in [0.25, 0.3) is 0 Å². The van der Waals surface area contributed by atoms with E-state index in [1.54, 1.807) is 0 Å². The Morgan fingerprint density at radius 1 is 1.40 bits per heavy atom. The second-order valence-electron chi connectivity index (χ2n) is 5.59. The van der Waals surface area contributed by atoms with Gasteiger partial charge in [-0.1, -0.05) is 17.7 Å². The molecule has 0 bridgehead atoms. The van der Waals surface area contributed by atoms with Gasteiger partial charge in [-0.3, -0.25) is 9.59 Å². The number of carbonyl (C=O) groups is 3. The smallest absolute Gasteiger partial charge is 0.221 e. The first kappa shape index (κ1) is 14.4. The molecule has 2 N–H and O–H groups in total. The Morgan fingerprint density at radius 2 is 2.10 bits per heavy atom. The molecule has 0 heterocycles. The first-order valence-corrected chi connectivity index (χ1v) is 6.82. The molecule has 0 saturated carbocycles. The van der Waals surface area contributed by atoms with E-state index < -0.39 is 17.7 Å². The summed E-state index contributed by atoms with van der Waals surface area (Å²) in [7, 11) is 0. The number of ketones is 2. The molecule has 0 fully saturated rings. The SMILES string of the molecule is CC(=O)CCC(C(N)=O)C1Cc2ccc(C)cc2C1=O. The molecule has 4 nitrogen and oxygen atoms in total. The summed E-state index contributed by atoms with van der Waals surface area (Å²) >= 11 is 0. The van der Waals surface area contributed by atoms with Gasteiger partial charge in [0, 0.05) is 23.8 Å². The Kier molecular flexibility index (Phi) is 4.02. The first-order valence-electron chi connectivity index (χ1n) is 6.82. The normalized spacial score (nSPS) is 18.7. The molecule has 20 heavy (non-hydrogen) atoms. The largest absolute Gasteiger partial charge is 0.369 e. The number of primary amides is 1. The van der Waals surface area contributed by atoms with Gasteiger partial charge in [0.2, 0.25) is 5.91 Å². The summed E-state index contributed by atoms with van der Waals surface area (Å²) in [4.78, 5) is 35.2. The van der Waals surface area contributed by atoms with Crippen LogP contribution in [0.5, 0.6) is 0 Å². The minimum Gasteiger partial charge on any atom is -0.369 e. The van der Waals surface area contributed by atoms with Crippen molar-refractivity contribution in [2.45, 2.75) is 33.1 Å². The molecule has 1 aliphatic carbocycles. The highest BCUT2D eigenvalue weighted by Gasteiger charge is 2.38. The zero-order valence-corrected chi connectivity index (χ0v) is 11.8. The highest BCUT2D eigenvalue weighted by molar-refractivity contribution is 6.04. The van der Waals surface area contributed by atoms with E-state index in [0.717, 1.165) is 11.1 Å². The summed E-state index contributed by atoms with van der Waals surface area (Å²) in [6.45, 7) is 3.41. The zero-order chi connectivity index (χ0) is 14.9. The van der Waals surface area contributed by atoms with Gasteiger partial charge >= 0.3 is 0 Å². The van der Waals surface area contributed by atoms with Crippen LogP contribution in [0.25, 0.3) is 0 Å². The van der Waals surface area contributed by atoms with Crippen LogP contribution in [0.4, 0.5) is 0 Å². The third kappa shape index (κ3) is 2.79. The number of rotatable bonds is 5. The minimum absolute atomic E-state index is 0.00931. The molecule has 1 aliphatic rings. The number of nitrogens with two attached hydrogens (primary N) is 1. The molecule has 1 aromatic rings. The number of aryl methyl sites for hydroxylation is 1. The third-order valence-corrected chi connectivity index (χ3v) is 3.97. The van der Waals surface area contributed by atoms with E-state index in [0.29, 0.717) is 18.4 Å². The standard InChI is InChI=1S/C16H19NO3/c1-9-3-5-11-8-14(15(19)13(11)7-9)12(16(17)20)6-4-10(2)18/h3,5,7,12,14H,4,6,8H2,1-2H3,(H2,17,20). The molecule has 2 rings (SSSR count). The fourth-order valence-electron chi connectivity index (χ4n) is 2.85. The van der Waals surface area contributed by atoms with Gasteiger partial charge in [-0.25, -0.2) is 0 Å². The average Bonchev–Trinajstić information content (AvgIpc) is 2.67. The third-order valence-electron chi connectivity index (χ3n) is 3.97. The molecule has 2 unspecified atom stereocenters. The average molecular weight is 273 g/mol. The molecule has 0 radical (unpaired) electrons. The first-order chi connectivity index (χ1) is 9.40. The van der Waals surface area contributed by atoms with Crippen LogP contribution in [0.2, 0.25) is 0 Å². The molecular formula is C16H19NO3.